The second-order valence-electron chi connectivity index (χ2n) is 7.44. The number of carbonyl (C=O) groups is 2. The highest BCUT2D eigenvalue weighted by molar-refractivity contribution is 6.22. The first kappa shape index (κ1) is 17.7. The van der Waals surface area contributed by atoms with Crippen LogP contribution in [0.25, 0.3) is 0 Å². The molecule has 2 amide bonds. The van der Waals surface area contributed by atoms with Crippen molar-refractivity contribution in [3.63, 3.8) is 0 Å². The molecule has 0 aliphatic carbocycles. The fourth-order valence-electron chi connectivity index (χ4n) is 4.08. The van der Waals surface area contributed by atoms with Gasteiger partial charge in [0.25, 0.3) is 5.91 Å². The molecule has 0 saturated carbocycles. The lowest BCUT2D eigenvalue weighted by atomic mass is 10.1. The molecule has 0 radical (unpaired) electrons. The van der Waals surface area contributed by atoms with Crippen LogP contribution in [-0.4, -0.2) is 48.9 Å². The van der Waals surface area contributed by atoms with E-state index in [0.717, 1.165) is 26.2 Å². The van der Waals surface area contributed by atoms with Gasteiger partial charge in [0.05, 0.1) is 18.2 Å². The average Bonchev–Trinajstić information content (AvgIpc) is 2.99. The van der Waals surface area contributed by atoms with Crippen LogP contribution in [0, 0.1) is 13.8 Å². The molecule has 2 heterocycles. The standard InChI is InChI=1S/C22H25N3O2/c1-16-8-9-17(2)19(14-16)23-10-12-24(13-11-23)20-15-21(26)25(22(20)27)18-6-4-3-5-7-18/h3-9,14,20H,10-13,15H2,1-2H3/t20-/m1/s1. The van der Waals surface area contributed by atoms with Gasteiger partial charge in [-0.25, -0.2) is 4.90 Å². The van der Waals surface area contributed by atoms with Crippen LogP contribution >= 0.6 is 0 Å². The average molecular weight is 363 g/mol. The first-order valence-corrected chi connectivity index (χ1v) is 9.52. The zero-order valence-corrected chi connectivity index (χ0v) is 15.9. The molecule has 4 rings (SSSR count). The molecule has 0 N–H and O–H groups in total. The second kappa shape index (κ2) is 7.16. The Labute approximate surface area is 160 Å². The Morgan fingerprint density at radius 3 is 2.30 bits per heavy atom. The van der Waals surface area contributed by atoms with E-state index in [4.69, 9.17) is 0 Å². The molecule has 140 valence electrons. The minimum atomic E-state index is -0.335. The number of hydrogen-bond acceptors (Lipinski definition) is 4. The van der Waals surface area contributed by atoms with E-state index in [1.54, 1.807) is 0 Å². The first-order chi connectivity index (χ1) is 13.0. The van der Waals surface area contributed by atoms with Crippen molar-refractivity contribution in [1.29, 1.82) is 0 Å². The normalized spacial score (nSPS) is 21.2. The van der Waals surface area contributed by atoms with Gasteiger partial charge in [0.1, 0.15) is 0 Å². The maximum atomic E-state index is 12.9. The van der Waals surface area contributed by atoms with E-state index in [1.807, 2.05) is 30.3 Å². The third kappa shape index (κ3) is 3.35. The van der Waals surface area contributed by atoms with Crippen molar-refractivity contribution in [2.75, 3.05) is 36.0 Å². The number of hydrogen-bond donors (Lipinski definition) is 0. The minimum absolute atomic E-state index is 0.0913. The third-order valence-corrected chi connectivity index (χ3v) is 5.60. The Kier molecular flexibility index (Phi) is 4.70. The molecule has 2 aliphatic rings. The van der Waals surface area contributed by atoms with Crippen molar-refractivity contribution in [1.82, 2.24) is 4.90 Å². The van der Waals surface area contributed by atoms with E-state index in [9.17, 15) is 9.59 Å². The molecule has 27 heavy (non-hydrogen) atoms. The molecule has 0 spiro atoms. The number of aryl methyl sites for hydroxylation is 2. The van der Waals surface area contributed by atoms with E-state index in [-0.39, 0.29) is 24.3 Å². The van der Waals surface area contributed by atoms with Crippen LogP contribution in [0.15, 0.2) is 48.5 Å². The zero-order chi connectivity index (χ0) is 19.0. The van der Waals surface area contributed by atoms with Crippen LogP contribution in [0.4, 0.5) is 11.4 Å². The lowest BCUT2D eigenvalue weighted by Crippen LogP contribution is -2.52. The Morgan fingerprint density at radius 2 is 1.59 bits per heavy atom. The molecular weight excluding hydrogens is 338 g/mol. The first-order valence-electron chi connectivity index (χ1n) is 9.52. The third-order valence-electron chi connectivity index (χ3n) is 5.60. The lowest BCUT2D eigenvalue weighted by Gasteiger charge is -2.38. The Morgan fingerprint density at radius 1 is 0.889 bits per heavy atom. The molecule has 2 aromatic carbocycles. The van der Waals surface area contributed by atoms with Crippen molar-refractivity contribution in [2.24, 2.45) is 0 Å². The predicted octanol–water partition coefficient (Wildman–Crippen LogP) is 2.76. The minimum Gasteiger partial charge on any atom is -0.369 e. The quantitative estimate of drug-likeness (QED) is 0.787. The Hall–Kier alpha value is -2.66. The van der Waals surface area contributed by atoms with E-state index < -0.39 is 0 Å². The molecule has 0 aromatic heterocycles. The summed E-state index contributed by atoms with van der Waals surface area (Å²) in [5.41, 5.74) is 4.47. The molecule has 5 nitrogen and oxygen atoms in total. The molecule has 0 unspecified atom stereocenters. The molecular formula is C22H25N3O2. The van der Waals surface area contributed by atoms with Gasteiger partial charge >= 0.3 is 0 Å². The molecule has 2 fully saturated rings. The van der Waals surface area contributed by atoms with Crippen molar-refractivity contribution in [3.8, 4) is 0 Å². The number of carbonyl (C=O) groups excluding carboxylic acids is 2. The van der Waals surface area contributed by atoms with Gasteiger partial charge in [-0.2, -0.15) is 0 Å². The fourth-order valence-corrected chi connectivity index (χ4v) is 4.08. The van der Waals surface area contributed by atoms with Gasteiger partial charge in [0.2, 0.25) is 5.91 Å². The molecule has 2 aromatic rings. The van der Waals surface area contributed by atoms with Crippen molar-refractivity contribution < 1.29 is 9.59 Å². The maximum absolute atomic E-state index is 12.9. The van der Waals surface area contributed by atoms with Gasteiger partial charge < -0.3 is 4.90 Å². The summed E-state index contributed by atoms with van der Waals surface area (Å²) in [6.45, 7) is 7.57. The summed E-state index contributed by atoms with van der Waals surface area (Å²) < 4.78 is 0. The number of imide groups is 1. The molecule has 5 heteroatoms. The van der Waals surface area contributed by atoms with Gasteiger partial charge in [-0.05, 0) is 43.2 Å². The summed E-state index contributed by atoms with van der Waals surface area (Å²) in [7, 11) is 0. The van der Waals surface area contributed by atoms with Crippen molar-refractivity contribution >= 4 is 23.2 Å². The van der Waals surface area contributed by atoms with Crippen LogP contribution in [0.1, 0.15) is 17.5 Å². The van der Waals surface area contributed by atoms with E-state index in [2.05, 4.69) is 41.8 Å². The van der Waals surface area contributed by atoms with Crippen LogP contribution in [0.5, 0.6) is 0 Å². The summed E-state index contributed by atoms with van der Waals surface area (Å²) in [5, 5.41) is 0. The van der Waals surface area contributed by atoms with E-state index >= 15 is 0 Å². The summed E-state index contributed by atoms with van der Waals surface area (Å²) in [6, 6.07) is 15.4. The molecule has 2 saturated heterocycles. The van der Waals surface area contributed by atoms with Gasteiger partial charge in [-0.3, -0.25) is 14.5 Å². The van der Waals surface area contributed by atoms with Crippen LogP contribution in [0.2, 0.25) is 0 Å². The number of piperazine rings is 1. The highest BCUT2D eigenvalue weighted by Crippen LogP contribution is 2.28. The zero-order valence-electron chi connectivity index (χ0n) is 15.9. The molecule has 1 atom stereocenters. The van der Waals surface area contributed by atoms with Crippen LogP contribution in [-0.2, 0) is 9.59 Å². The van der Waals surface area contributed by atoms with Crippen LogP contribution in [0.3, 0.4) is 0 Å². The molecule has 2 aliphatic heterocycles. The van der Waals surface area contributed by atoms with Crippen LogP contribution < -0.4 is 9.80 Å². The van der Waals surface area contributed by atoms with E-state index in [0.29, 0.717) is 5.69 Å². The second-order valence-corrected chi connectivity index (χ2v) is 7.44. The Bertz CT molecular complexity index is 857. The summed E-state index contributed by atoms with van der Waals surface area (Å²) in [5.74, 6) is -0.195. The van der Waals surface area contributed by atoms with Gasteiger partial charge in [-0.1, -0.05) is 30.3 Å². The van der Waals surface area contributed by atoms with E-state index in [1.165, 1.54) is 21.7 Å². The summed E-state index contributed by atoms with van der Waals surface area (Å²) in [6.07, 6.45) is 0.275. The number of para-hydroxylation sites is 1. The fraction of sp³-hybridized carbons (Fsp3) is 0.364. The number of amides is 2. The maximum Gasteiger partial charge on any atom is 0.251 e. The van der Waals surface area contributed by atoms with Gasteiger partial charge in [0, 0.05) is 31.9 Å². The number of rotatable bonds is 3. The smallest absolute Gasteiger partial charge is 0.251 e. The Balaban J connectivity index is 1.45. The van der Waals surface area contributed by atoms with Gasteiger partial charge in [-0.15, -0.1) is 0 Å². The predicted molar refractivity (Wildman–Crippen MR) is 107 cm³/mol. The molecule has 0 bridgehead atoms. The monoisotopic (exact) mass is 363 g/mol. The number of nitrogens with zero attached hydrogens (tertiary/aromatic N) is 3. The SMILES string of the molecule is Cc1ccc(C)c(N2CCN([C@@H]3CC(=O)N(c4ccccc4)C3=O)CC2)c1. The summed E-state index contributed by atoms with van der Waals surface area (Å²) >= 11 is 0. The largest absolute Gasteiger partial charge is 0.369 e. The highest BCUT2D eigenvalue weighted by Gasteiger charge is 2.43. The lowest BCUT2D eigenvalue weighted by molar-refractivity contribution is -0.123. The number of benzene rings is 2. The highest BCUT2D eigenvalue weighted by atomic mass is 16.2. The number of anilines is 2. The van der Waals surface area contributed by atoms with Crippen molar-refractivity contribution in [2.45, 2.75) is 26.3 Å². The van der Waals surface area contributed by atoms with Crippen molar-refractivity contribution in [3.05, 3.63) is 59.7 Å². The topological polar surface area (TPSA) is 43.9 Å². The summed E-state index contributed by atoms with van der Waals surface area (Å²) in [4.78, 5) is 31.3. The van der Waals surface area contributed by atoms with Gasteiger partial charge in [0.15, 0.2) is 0 Å².